The molecule has 166 valence electrons. The summed E-state index contributed by atoms with van der Waals surface area (Å²) in [6.45, 7) is -2.12. The maximum absolute atomic E-state index is 13.2. The van der Waals surface area contributed by atoms with Crippen molar-refractivity contribution in [2.24, 2.45) is 0 Å². The van der Waals surface area contributed by atoms with Crippen LogP contribution in [0.2, 0.25) is 0 Å². The zero-order chi connectivity index (χ0) is 23.6. The van der Waals surface area contributed by atoms with Crippen molar-refractivity contribution in [1.29, 1.82) is 0 Å². The summed E-state index contributed by atoms with van der Waals surface area (Å²) >= 11 is 1.87. The van der Waals surface area contributed by atoms with Crippen LogP contribution in [-0.4, -0.2) is 46.8 Å². The number of halogens is 3. The van der Waals surface area contributed by atoms with E-state index in [4.69, 9.17) is 9.29 Å². The smallest absolute Gasteiger partial charge is 0.402 e. The lowest BCUT2D eigenvalue weighted by atomic mass is 10.1. The minimum absolute atomic E-state index is 0.268. The van der Waals surface area contributed by atoms with Crippen molar-refractivity contribution >= 4 is 50.3 Å². The van der Waals surface area contributed by atoms with E-state index in [1.54, 1.807) is 0 Å². The van der Waals surface area contributed by atoms with E-state index in [0.29, 0.717) is 15.7 Å². The SMILES string of the molecule is O=C(Oc1ccc([N+](=O)[O-])c(C(=O)OCC(F)(F)S(=O)(=O)O)c1)c1ccc(I)cc1O. The van der Waals surface area contributed by atoms with Gasteiger partial charge < -0.3 is 14.6 Å². The van der Waals surface area contributed by atoms with Gasteiger partial charge in [-0.3, -0.25) is 14.7 Å². The second-order valence-corrected chi connectivity index (χ2v) is 8.47. The number of nitrogens with zero attached hydrogens (tertiary/aromatic N) is 1. The number of nitro groups is 1. The molecule has 0 aliphatic heterocycles. The van der Waals surface area contributed by atoms with E-state index in [1.807, 2.05) is 22.6 Å². The van der Waals surface area contributed by atoms with Crippen molar-refractivity contribution < 1.29 is 50.8 Å². The number of carbonyl (C=O) groups is 2. The van der Waals surface area contributed by atoms with Crippen LogP contribution in [-0.2, 0) is 14.9 Å². The van der Waals surface area contributed by atoms with Crippen molar-refractivity contribution in [2.45, 2.75) is 5.25 Å². The highest BCUT2D eigenvalue weighted by Gasteiger charge is 2.46. The van der Waals surface area contributed by atoms with Crippen LogP contribution < -0.4 is 4.74 Å². The normalized spacial score (nSPS) is 11.6. The molecule has 0 saturated carbocycles. The van der Waals surface area contributed by atoms with Gasteiger partial charge in [0.1, 0.15) is 22.6 Å². The van der Waals surface area contributed by atoms with Crippen LogP contribution in [0.4, 0.5) is 14.5 Å². The van der Waals surface area contributed by atoms with Gasteiger partial charge in [-0.05, 0) is 46.9 Å². The Balaban J connectivity index is 2.31. The Morgan fingerprint density at radius 1 is 1.13 bits per heavy atom. The topological polar surface area (TPSA) is 170 Å². The number of aromatic hydroxyl groups is 1. The first-order valence-electron chi connectivity index (χ1n) is 7.74. The summed E-state index contributed by atoms with van der Waals surface area (Å²) in [5, 5.41) is 16.0. The van der Waals surface area contributed by atoms with E-state index < -0.39 is 61.6 Å². The number of nitro benzene ring substituents is 1. The van der Waals surface area contributed by atoms with E-state index in [2.05, 4.69) is 4.74 Å². The van der Waals surface area contributed by atoms with Crippen LogP contribution in [0.5, 0.6) is 11.5 Å². The molecule has 0 radical (unpaired) electrons. The molecule has 0 aliphatic carbocycles. The molecule has 2 rings (SSSR count). The van der Waals surface area contributed by atoms with Gasteiger partial charge in [0.2, 0.25) is 0 Å². The second-order valence-electron chi connectivity index (χ2n) is 5.68. The zero-order valence-electron chi connectivity index (χ0n) is 14.8. The maximum Gasteiger partial charge on any atom is 0.402 e. The van der Waals surface area contributed by atoms with Gasteiger partial charge >= 0.3 is 27.3 Å². The predicted octanol–water partition coefficient (Wildman–Crippen LogP) is 2.76. The lowest BCUT2D eigenvalue weighted by Crippen LogP contribution is -2.34. The van der Waals surface area contributed by atoms with Gasteiger partial charge in [0, 0.05) is 15.7 Å². The number of carbonyl (C=O) groups excluding carboxylic acids is 2. The molecule has 2 aromatic rings. The Kier molecular flexibility index (Phi) is 7.12. The van der Waals surface area contributed by atoms with Crippen LogP contribution in [0.25, 0.3) is 0 Å². The fourth-order valence-electron chi connectivity index (χ4n) is 2.04. The highest BCUT2D eigenvalue weighted by molar-refractivity contribution is 14.1. The van der Waals surface area contributed by atoms with Crippen LogP contribution in [0.3, 0.4) is 0 Å². The van der Waals surface area contributed by atoms with Crippen LogP contribution >= 0.6 is 22.6 Å². The summed E-state index contributed by atoms with van der Waals surface area (Å²) in [7, 11) is -5.91. The molecule has 15 heteroatoms. The van der Waals surface area contributed by atoms with Gasteiger partial charge in [-0.15, -0.1) is 0 Å². The summed E-state index contributed by atoms with van der Waals surface area (Å²) in [6, 6.07) is 6.23. The average molecular weight is 573 g/mol. The highest BCUT2D eigenvalue weighted by Crippen LogP contribution is 2.28. The third-order valence-electron chi connectivity index (χ3n) is 3.52. The third kappa shape index (κ3) is 5.82. The molecule has 0 amide bonds. The highest BCUT2D eigenvalue weighted by atomic mass is 127. The van der Waals surface area contributed by atoms with Crippen molar-refractivity contribution in [3.63, 3.8) is 0 Å². The minimum Gasteiger partial charge on any atom is -0.507 e. The summed E-state index contributed by atoms with van der Waals surface area (Å²) in [5.41, 5.74) is -2.12. The molecular weight excluding hydrogens is 563 g/mol. The summed E-state index contributed by atoms with van der Waals surface area (Å²) in [4.78, 5) is 34.2. The first-order chi connectivity index (χ1) is 14.2. The Hall–Kier alpha value is -2.92. The van der Waals surface area contributed by atoms with Crippen molar-refractivity contribution in [1.82, 2.24) is 0 Å². The first-order valence-corrected chi connectivity index (χ1v) is 10.3. The van der Waals surface area contributed by atoms with Crippen molar-refractivity contribution in [2.75, 3.05) is 6.61 Å². The number of hydrogen-bond acceptors (Lipinski definition) is 9. The Morgan fingerprint density at radius 3 is 2.32 bits per heavy atom. The van der Waals surface area contributed by atoms with E-state index in [-0.39, 0.29) is 5.56 Å². The fourth-order valence-corrected chi connectivity index (χ4v) is 2.73. The quantitative estimate of drug-likeness (QED) is 0.125. The van der Waals surface area contributed by atoms with Gasteiger partial charge in [-0.25, -0.2) is 9.59 Å². The molecule has 0 spiro atoms. The molecule has 0 aromatic heterocycles. The predicted molar refractivity (Wildman–Crippen MR) is 106 cm³/mol. The third-order valence-corrected chi connectivity index (χ3v) is 5.07. The molecule has 31 heavy (non-hydrogen) atoms. The van der Waals surface area contributed by atoms with E-state index in [1.165, 1.54) is 18.2 Å². The van der Waals surface area contributed by atoms with Crippen molar-refractivity contribution in [3.8, 4) is 11.5 Å². The lowest BCUT2D eigenvalue weighted by Gasteiger charge is -2.13. The van der Waals surface area contributed by atoms with Crippen LogP contribution in [0.15, 0.2) is 36.4 Å². The lowest BCUT2D eigenvalue weighted by molar-refractivity contribution is -0.385. The summed E-state index contributed by atoms with van der Waals surface area (Å²) < 4.78 is 65.6. The van der Waals surface area contributed by atoms with Crippen LogP contribution in [0, 0.1) is 13.7 Å². The number of alkyl halides is 2. The molecule has 2 aromatic carbocycles. The molecule has 0 unspecified atom stereocenters. The maximum atomic E-state index is 13.2. The number of ether oxygens (including phenoxy) is 2. The van der Waals surface area contributed by atoms with Crippen LogP contribution in [0.1, 0.15) is 20.7 Å². The Labute approximate surface area is 185 Å². The number of rotatable bonds is 7. The Morgan fingerprint density at radius 2 is 1.77 bits per heavy atom. The summed E-state index contributed by atoms with van der Waals surface area (Å²) in [6.07, 6.45) is 0. The molecule has 0 bridgehead atoms. The number of phenols is 1. The van der Waals surface area contributed by atoms with Gasteiger partial charge in [0.25, 0.3) is 5.69 Å². The van der Waals surface area contributed by atoms with Gasteiger partial charge in [-0.1, -0.05) is 0 Å². The van der Waals surface area contributed by atoms with Gasteiger partial charge in [-0.2, -0.15) is 17.2 Å². The summed E-state index contributed by atoms with van der Waals surface area (Å²) in [5.74, 6) is -3.71. The molecular formula is C16H10F2INO10S. The largest absolute Gasteiger partial charge is 0.507 e. The van der Waals surface area contributed by atoms with E-state index in [0.717, 1.165) is 6.07 Å². The number of esters is 2. The molecule has 0 fully saturated rings. The number of hydrogen-bond donors (Lipinski definition) is 2. The van der Waals surface area contributed by atoms with E-state index in [9.17, 15) is 42.0 Å². The minimum atomic E-state index is -5.91. The molecule has 0 heterocycles. The molecule has 11 nitrogen and oxygen atoms in total. The monoisotopic (exact) mass is 573 g/mol. The first kappa shape index (κ1) is 24.4. The zero-order valence-corrected chi connectivity index (χ0v) is 17.8. The van der Waals surface area contributed by atoms with E-state index >= 15 is 0 Å². The molecule has 0 atom stereocenters. The number of phenolic OH excluding ortho intramolecular Hbond substituents is 1. The molecule has 0 saturated heterocycles. The Bertz CT molecular complexity index is 1170. The standard InChI is InChI=1S/C16H10F2INO10S/c17-16(18,31(26,27)28)7-29-14(22)11-6-9(2-4-12(11)20(24)25)30-15(23)10-3-1-8(19)5-13(10)21/h1-6,21H,7H2,(H,26,27,28). The second kappa shape index (κ2) is 9.06. The number of benzene rings is 2. The van der Waals surface area contributed by atoms with Gasteiger partial charge in [0.05, 0.1) is 4.92 Å². The van der Waals surface area contributed by atoms with Gasteiger partial charge in [0.15, 0.2) is 6.61 Å². The fraction of sp³-hybridized carbons (Fsp3) is 0.125. The van der Waals surface area contributed by atoms with Crippen molar-refractivity contribution in [3.05, 3.63) is 61.2 Å². The average Bonchev–Trinajstić information content (AvgIpc) is 2.64. The molecule has 0 aliphatic rings. The molecule has 2 N–H and O–H groups in total.